The standard InChI is InChI=1S/C21H20N2O3/c24-21(18-8-6-17(7-9-18)20-12-22-15-26-20)23(13-16-10-11-25-14-16)19-4-2-1-3-5-19/h1-9,12,15-16H,10-11,13-14H2/t16-/m0/s1. The quantitative estimate of drug-likeness (QED) is 0.699. The van der Waals surface area contributed by atoms with Crippen LogP contribution in [-0.2, 0) is 4.74 Å². The molecule has 0 aliphatic carbocycles. The fraction of sp³-hybridized carbons (Fsp3) is 0.238. The summed E-state index contributed by atoms with van der Waals surface area (Å²) < 4.78 is 10.8. The number of rotatable bonds is 5. The van der Waals surface area contributed by atoms with Gasteiger partial charge in [0.25, 0.3) is 5.91 Å². The maximum absolute atomic E-state index is 13.2. The summed E-state index contributed by atoms with van der Waals surface area (Å²) in [5, 5.41) is 0. The van der Waals surface area contributed by atoms with E-state index >= 15 is 0 Å². The zero-order valence-corrected chi connectivity index (χ0v) is 14.4. The van der Waals surface area contributed by atoms with Crippen molar-refractivity contribution in [3.05, 3.63) is 72.8 Å². The Hall–Kier alpha value is -2.92. The van der Waals surface area contributed by atoms with E-state index in [4.69, 9.17) is 9.15 Å². The minimum Gasteiger partial charge on any atom is -0.444 e. The fourth-order valence-electron chi connectivity index (χ4n) is 3.19. The molecule has 1 atom stereocenters. The van der Waals surface area contributed by atoms with Gasteiger partial charge in [0, 0.05) is 35.9 Å². The van der Waals surface area contributed by atoms with E-state index < -0.39 is 0 Å². The minimum absolute atomic E-state index is 0.00720. The molecule has 0 radical (unpaired) electrons. The van der Waals surface area contributed by atoms with Gasteiger partial charge in [0.2, 0.25) is 0 Å². The zero-order chi connectivity index (χ0) is 17.8. The average Bonchev–Trinajstić information content (AvgIpc) is 3.40. The minimum atomic E-state index is -0.00720. The molecule has 1 fully saturated rings. The molecule has 132 valence electrons. The molecule has 1 aromatic heterocycles. The number of carbonyl (C=O) groups excluding carboxylic acids is 1. The maximum Gasteiger partial charge on any atom is 0.258 e. The van der Waals surface area contributed by atoms with E-state index in [-0.39, 0.29) is 5.91 Å². The summed E-state index contributed by atoms with van der Waals surface area (Å²) in [5.41, 5.74) is 2.45. The second-order valence-corrected chi connectivity index (χ2v) is 6.42. The molecule has 1 aliphatic rings. The van der Waals surface area contributed by atoms with E-state index in [9.17, 15) is 4.79 Å². The second-order valence-electron chi connectivity index (χ2n) is 6.42. The van der Waals surface area contributed by atoms with Gasteiger partial charge in [0.1, 0.15) is 0 Å². The van der Waals surface area contributed by atoms with Gasteiger partial charge < -0.3 is 14.1 Å². The molecule has 4 rings (SSSR count). The molecule has 5 nitrogen and oxygen atoms in total. The van der Waals surface area contributed by atoms with Gasteiger partial charge in [0.15, 0.2) is 12.2 Å². The number of ether oxygens (including phenoxy) is 1. The first-order chi connectivity index (χ1) is 12.8. The van der Waals surface area contributed by atoms with Gasteiger partial charge in [-0.25, -0.2) is 4.98 Å². The first-order valence-electron chi connectivity index (χ1n) is 8.75. The maximum atomic E-state index is 13.2. The number of anilines is 1. The number of hydrogen-bond acceptors (Lipinski definition) is 4. The molecule has 0 bridgehead atoms. The molecule has 1 saturated heterocycles. The summed E-state index contributed by atoms with van der Waals surface area (Å²) in [6, 6.07) is 17.2. The van der Waals surface area contributed by atoms with Crippen LogP contribution in [0.5, 0.6) is 0 Å². The molecule has 3 aromatic rings. The van der Waals surface area contributed by atoms with Gasteiger partial charge >= 0.3 is 0 Å². The summed E-state index contributed by atoms with van der Waals surface area (Å²) in [6.07, 6.45) is 4.05. The van der Waals surface area contributed by atoms with Crippen molar-refractivity contribution in [1.82, 2.24) is 4.98 Å². The number of nitrogens with zero attached hydrogens (tertiary/aromatic N) is 2. The number of oxazole rings is 1. The smallest absolute Gasteiger partial charge is 0.258 e. The molecule has 26 heavy (non-hydrogen) atoms. The summed E-state index contributed by atoms with van der Waals surface area (Å²) >= 11 is 0. The van der Waals surface area contributed by atoms with Crippen molar-refractivity contribution in [2.24, 2.45) is 5.92 Å². The third-order valence-electron chi connectivity index (χ3n) is 4.63. The number of para-hydroxylation sites is 1. The number of carbonyl (C=O) groups is 1. The van der Waals surface area contributed by atoms with Crippen molar-refractivity contribution in [3.8, 4) is 11.3 Å². The fourth-order valence-corrected chi connectivity index (χ4v) is 3.19. The summed E-state index contributed by atoms with van der Waals surface area (Å²) in [6.45, 7) is 2.14. The van der Waals surface area contributed by atoms with Crippen molar-refractivity contribution >= 4 is 11.6 Å². The van der Waals surface area contributed by atoms with Gasteiger partial charge in [-0.3, -0.25) is 4.79 Å². The highest BCUT2D eigenvalue weighted by molar-refractivity contribution is 6.06. The molecule has 2 aromatic carbocycles. The molecule has 2 heterocycles. The number of hydrogen-bond donors (Lipinski definition) is 0. The highest BCUT2D eigenvalue weighted by Gasteiger charge is 2.24. The van der Waals surface area contributed by atoms with E-state index in [1.165, 1.54) is 6.39 Å². The van der Waals surface area contributed by atoms with Gasteiger partial charge in [-0.05, 0) is 30.7 Å². The first-order valence-corrected chi connectivity index (χ1v) is 8.75. The second kappa shape index (κ2) is 7.54. The van der Waals surface area contributed by atoms with Crippen LogP contribution < -0.4 is 4.90 Å². The zero-order valence-electron chi connectivity index (χ0n) is 14.4. The summed E-state index contributed by atoms with van der Waals surface area (Å²) in [7, 11) is 0. The SMILES string of the molecule is O=C(c1ccc(-c2cnco2)cc1)N(C[C@@H]1CCOC1)c1ccccc1. The van der Waals surface area contributed by atoms with Crippen molar-refractivity contribution < 1.29 is 13.9 Å². The molecule has 5 heteroatoms. The lowest BCUT2D eigenvalue weighted by molar-refractivity contribution is 0.0981. The molecule has 0 spiro atoms. The Morgan fingerprint density at radius 3 is 2.58 bits per heavy atom. The Morgan fingerprint density at radius 2 is 1.92 bits per heavy atom. The Bertz CT molecular complexity index is 839. The molecule has 1 amide bonds. The van der Waals surface area contributed by atoms with E-state index in [1.54, 1.807) is 6.20 Å². The van der Waals surface area contributed by atoms with Crippen molar-refractivity contribution in [3.63, 3.8) is 0 Å². The van der Waals surface area contributed by atoms with Crippen LogP contribution in [0.3, 0.4) is 0 Å². The number of amides is 1. The predicted octanol–water partition coefficient (Wildman–Crippen LogP) is 4.02. The van der Waals surface area contributed by atoms with Crippen LogP contribution in [0.2, 0.25) is 0 Å². The van der Waals surface area contributed by atoms with Crippen LogP contribution in [0.4, 0.5) is 5.69 Å². The van der Waals surface area contributed by atoms with E-state index in [2.05, 4.69) is 4.98 Å². The van der Waals surface area contributed by atoms with E-state index in [0.717, 1.165) is 24.3 Å². The third-order valence-corrected chi connectivity index (χ3v) is 4.63. The molecule has 0 N–H and O–H groups in total. The lowest BCUT2D eigenvalue weighted by atomic mass is 10.1. The highest BCUT2D eigenvalue weighted by atomic mass is 16.5. The summed E-state index contributed by atoms with van der Waals surface area (Å²) in [5.74, 6) is 1.05. The predicted molar refractivity (Wildman–Crippen MR) is 99.0 cm³/mol. The molecular weight excluding hydrogens is 328 g/mol. The average molecular weight is 348 g/mol. The normalized spacial score (nSPS) is 16.5. The van der Waals surface area contributed by atoms with Gasteiger partial charge in [-0.1, -0.05) is 30.3 Å². The number of benzene rings is 2. The Labute approximate surface area is 152 Å². The van der Waals surface area contributed by atoms with Gasteiger partial charge in [0.05, 0.1) is 12.8 Å². The lowest BCUT2D eigenvalue weighted by Gasteiger charge is -2.25. The lowest BCUT2D eigenvalue weighted by Crippen LogP contribution is -2.35. The van der Waals surface area contributed by atoms with Gasteiger partial charge in [-0.2, -0.15) is 0 Å². The van der Waals surface area contributed by atoms with Crippen molar-refractivity contribution in [2.75, 3.05) is 24.7 Å². The molecule has 1 aliphatic heterocycles. The van der Waals surface area contributed by atoms with E-state index in [1.807, 2.05) is 59.5 Å². The molecule has 0 unspecified atom stereocenters. The van der Waals surface area contributed by atoms with Crippen LogP contribution >= 0.6 is 0 Å². The van der Waals surface area contributed by atoms with Crippen LogP contribution in [0.1, 0.15) is 16.8 Å². The largest absolute Gasteiger partial charge is 0.444 e. The Balaban J connectivity index is 1.59. The van der Waals surface area contributed by atoms with Crippen LogP contribution in [0.15, 0.2) is 71.6 Å². The molecule has 0 saturated carbocycles. The van der Waals surface area contributed by atoms with Crippen LogP contribution in [0, 0.1) is 5.92 Å². The van der Waals surface area contributed by atoms with Crippen molar-refractivity contribution in [2.45, 2.75) is 6.42 Å². The Kier molecular flexibility index (Phi) is 4.80. The van der Waals surface area contributed by atoms with Crippen LogP contribution in [-0.4, -0.2) is 30.6 Å². The monoisotopic (exact) mass is 348 g/mol. The highest BCUT2D eigenvalue weighted by Crippen LogP contribution is 2.24. The number of aromatic nitrogens is 1. The summed E-state index contributed by atoms with van der Waals surface area (Å²) in [4.78, 5) is 19.0. The van der Waals surface area contributed by atoms with Crippen LogP contribution in [0.25, 0.3) is 11.3 Å². The topological polar surface area (TPSA) is 55.6 Å². The van der Waals surface area contributed by atoms with Crippen molar-refractivity contribution in [1.29, 1.82) is 0 Å². The molecular formula is C21H20N2O3. The van der Waals surface area contributed by atoms with Gasteiger partial charge in [-0.15, -0.1) is 0 Å². The van der Waals surface area contributed by atoms with E-state index in [0.29, 0.717) is 30.4 Å². The third kappa shape index (κ3) is 3.53. The Morgan fingerprint density at radius 1 is 1.12 bits per heavy atom. The first kappa shape index (κ1) is 16.5.